The van der Waals surface area contributed by atoms with Gasteiger partial charge in [0.15, 0.2) is 28.5 Å². The molecule has 1 aromatic carbocycles. The minimum atomic E-state index is 0.303. The van der Waals surface area contributed by atoms with Crippen molar-refractivity contribution >= 4 is 34.3 Å². The van der Waals surface area contributed by atoms with Crippen LogP contribution in [0.1, 0.15) is 33.3 Å². The largest absolute Gasteiger partial charge is 0.454 e. The Morgan fingerprint density at radius 2 is 1.80 bits per heavy atom. The molecule has 2 aliphatic heterocycles. The Morgan fingerprint density at radius 1 is 1.00 bits per heavy atom. The van der Waals surface area contributed by atoms with Crippen LogP contribution in [0.2, 0.25) is 0 Å². The molecule has 1 saturated heterocycles. The first-order valence-electron chi connectivity index (χ1n) is 14.1. The van der Waals surface area contributed by atoms with Crippen molar-refractivity contribution in [1.82, 2.24) is 29.3 Å². The SMILES string of the molecule is CC(C)N(CCNc1nc(N2CCN(Cc3ccc4c(c3)OCO4)CC2)nc2c1ncn2-c1ccsc1)C(C)C. The van der Waals surface area contributed by atoms with Gasteiger partial charge in [-0.05, 0) is 56.8 Å². The fourth-order valence-electron chi connectivity index (χ4n) is 5.56. The van der Waals surface area contributed by atoms with Crippen molar-refractivity contribution in [1.29, 1.82) is 0 Å². The topological polar surface area (TPSA) is 83.8 Å². The summed E-state index contributed by atoms with van der Waals surface area (Å²) in [4.78, 5) is 22.0. The Labute approximate surface area is 239 Å². The van der Waals surface area contributed by atoms with E-state index in [-0.39, 0.29) is 0 Å². The number of fused-ring (bicyclic) bond motifs is 2. The lowest BCUT2D eigenvalue weighted by atomic mass is 10.1. The van der Waals surface area contributed by atoms with Crippen LogP contribution in [0.5, 0.6) is 11.5 Å². The average molecular weight is 563 g/mol. The van der Waals surface area contributed by atoms with Crippen LogP contribution < -0.4 is 19.7 Å². The molecular formula is C29H38N8O2S. The molecule has 0 bridgehead atoms. The summed E-state index contributed by atoms with van der Waals surface area (Å²) in [6.07, 6.45) is 1.86. The third-order valence-electron chi connectivity index (χ3n) is 7.66. The lowest BCUT2D eigenvalue weighted by Crippen LogP contribution is -2.46. The third kappa shape index (κ3) is 5.59. The van der Waals surface area contributed by atoms with Crippen molar-refractivity contribution in [2.24, 2.45) is 0 Å². The lowest BCUT2D eigenvalue weighted by molar-refractivity contribution is 0.174. The minimum Gasteiger partial charge on any atom is -0.454 e. The van der Waals surface area contributed by atoms with Gasteiger partial charge in [0, 0.05) is 63.3 Å². The number of benzene rings is 1. The number of piperazine rings is 1. The number of thiophene rings is 1. The molecule has 4 aromatic rings. The predicted molar refractivity (Wildman–Crippen MR) is 160 cm³/mol. The smallest absolute Gasteiger partial charge is 0.231 e. The average Bonchev–Trinajstić information content (AvgIpc) is 3.71. The van der Waals surface area contributed by atoms with E-state index in [0.717, 1.165) is 85.9 Å². The summed E-state index contributed by atoms with van der Waals surface area (Å²) in [7, 11) is 0. The van der Waals surface area contributed by atoms with Crippen molar-refractivity contribution < 1.29 is 9.47 Å². The Morgan fingerprint density at radius 3 is 2.55 bits per heavy atom. The summed E-state index contributed by atoms with van der Waals surface area (Å²) in [5.74, 6) is 3.21. The van der Waals surface area contributed by atoms with Gasteiger partial charge in [-0.25, -0.2) is 4.98 Å². The highest BCUT2D eigenvalue weighted by Crippen LogP contribution is 2.33. The maximum atomic E-state index is 5.56. The van der Waals surface area contributed by atoms with E-state index in [1.54, 1.807) is 11.3 Å². The number of ether oxygens (including phenoxy) is 2. The predicted octanol–water partition coefficient (Wildman–Crippen LogP) is 4.46. The summed E-state index contributed by atoms with van der Waals surface area (Å²) in [6.45, 7) is 15.5. The van der Waals surface area contributed by atoms with Gasteiger partial charge in [-0.2, -0.15) is 21.3 Å². The first kappa shape index (κ1) is 26.8. The van der Waals surface area contributed by atoms with Crippen molar-refractivity contribution in [2.45, 2.75) is 46.3 Å². The molecule has 0 aliphatic carbocycles. The Kier molecular flexibility index (Phi) is 7.77. The maximum Gasteiger partial charge on any atom is 0.231 e. The fraction of sp³-hybridized carbons (Fsp3) is 0.483. The fourth-order valence-corrected chi connectivity index (χ4v) is 6.18. The molecule has 0 unspecified atom stereocenters. The number of anilines is 2. The second-order valence-corrected chi connectivity index (χ2v) is 11.7. The number of hydrogen-bond acceptors (Lipinski definition) is 10. The molecule has 212 valence electrons. The van der Waals surface area contributed by atoms with E-state index in [9.17, 15) is 0 Å². The van der Waals surface area contributed by atoms with E-state index in [0.29, 0.717) is 18.9 Å². The molecule has 2 aliphatic rings. The van der Waals surface area contributed by atoms with E-state index in [2.05, 4.69) is 81.2 Å². The van der Waals surface area contributed by atoms with Gasteiger partial charge in [-0.1, -0.05) is 6.07 Å². The quantitative estimate of drug-likeness (QED) is 0.301. The van der Waals surface area contributed by atoms with Crippen molar-refractivity contribution in [3.63, 3.8) is 0 Å². The zero-order valence-electron chi connectivity index (χ0n) is 23.7. The van der Waals surface area contributed by atoms with Gasteiger partial charge in [0.2, 0.25) is 12.7 Å². The van der Waals surface area contributed by atoms with Gasteiger partial charge in [0.05, 0.1) is 5.69 Å². The minimum absolute atomic E-state index is 0.303. The highest BCUT2D eigenvalue weighted by atomic mass is 32.1. The number of nitrogens with one attached hydrogen (secondary N) is 1. The van der Waals surface area contributed by atoms with Crippen LogP contribution in [-0.2, 0) is 6.54 Å². The van der Waals surface area contributed by atoms with E-state index < -0.39 is 0 Å². The van der Waals surface area contributed by atoms with Gasteiger partial charge in [-0.3, -0.25) is 14.4 Å². The van der Waals surface area contributed by atoms with Crippen molar-refractivity contribution in [3.05, 3.63) is 46.9 Å². The molecule has 1 N–H and O–H groups in total. The zero-order valence-corrected chi connectivity index (χ0v) is 24.5. The normalized spacial score (nSPS) is 15.7. The van der Waals surface area contributed by atoms with Crippen molar-refractivity contribution in [2.75, 3.05) is 56.3 Å². The Balaban J connectivity index is 1.19. The Hall–Kier alpha value is -3.41. The monoisotopic (exact) mass is 562 g/mol. The second kappa shape index (κ2) is 11.6. The van der Waals surface area contributed by atoms with Crippen LogP contribution in [-0.4, -0.2) is 87.5 Å². The van der Waals surface area contributed by atoms with E-state index in [4.69, 9.17) is 24.4 Å². The first-order valence-corrected chi connectivity index (χ1v) is 15.0. The van der Waals surface area contributed by atoms with Gasteiger partial charge >= 0.3 is 0 Å². The molecule has 0 saturated carbocycles. The van der Waals surface area contributed by atoms with Crippen LogP contribution in [0.3, 0.4) is 0 Å². The highest BCUT2D eigenvalue weighted by molar-refractivity contribution is 7.08. The molecule has 5 heterocycles. The molecule has 0 atom stereocenters. The number of nitrogens with zero attached hydrogens (tertiary/aromatic N) is 7. The van der Waals surface area contributed by atoms with Crippen molar-refractivity contribution in [3.8, 4) is 17.2 Å². The number of rotatable bonds is 10. The molecule has 0 amide bonds. The van der Waals surface area contributed by atoms with Crippen LogP contribution in [0, 0.1) is 0 Å². The van der Waals surface area contributed by atoms with Crippen LogP contribution in [0.4, 0.5) is 11.8 Å². The number of hydrogen-bond donors (Lipinski definition) is 1. The van der Waals surface area contributed by atoms with E-state index in [1.165, 1.54) is 5.56 Å². The molecule has 0 spiro atoms. The molecule has 10 nitrogen and oxygen atoms in total. The molecule has 3 aromatic heterocycles. The molecule has 0 radical (unpaired) electrons. The van der Waals surface area contributed by atoms with Crippen LogP contribution in [0.25, 0.3) is 16.9 Å². The summed E-state index contributed by atoms with van der Waals surface area (Å²) >= 11 is 1.67. The molecule has 1 fully saturated rings. The molecular weight excluding hydrogens is 524 g/mol. The first-order chi connectivity index (χ1) is 19.5. The highest BCUT2D eigenvalue weighted by Gasteiger charge is 2.23. The van der Waals surface area contributed by atoms with E-state index in [1.807, 2.05) is 12.4 Å². The summed E-state index contributed by atoms with van der Waals surface area (Å²) < 4.78 is 13.1. The molecule has 40 heavy (non-hydrogen) atoms. The maximum absolute atomic E-state index is 5.56. The summed E-state index contributed by atoms with van der Waals surface area (Å²) in [6, 6.07) is 9.28. The lowest BCUT2D eigenvalue weighted by Gasteiger charge is -2.35. The van der Waals surface area contributed by atoms with Crippen LogP contribution in [0.15, 0.2) is 41.4 Å². The van der Waals surface area contributed by atoms with Crippen LogP contribution >= 0.6 is 11.3 Å². The Bertz CT molecular complexity index is 1420. The van der Waals surface area contributed by atoms with Gasteiger partial charge < -0.3 is 19.7 Å². The van der Waals surface area contributed by atoms with Gasteiger partial charge in [-0.15, -0.1) is 0 Å². The zero-order chi connectivity index (χ0) is 27.6. The van der Waals surface area contributed by atoms with Gasteiger partial charge in [0.1, 0.15) is 6.33 Å². The molecule has 6 rings (SSSR count). The van der Waals surface area contributed by atoms with Gasteiger partial charge in [0.25, 0.3) is 0 Å². The second-order valence-electron chi connectivity index (χ2n) is 10.9. The standard InChI is InChI=1S/C29H38N8O2S/c1-20(2)36(21(3)4)9-8-30-27-26-28(37(18-31-26)23-7-14-40-17-23)33-29(32-27)35-12-10-34(11-13-35)16-22-5-6-24-25(15-22)39-19-38-24/h5-7,14-15,17-18,20-21H,8-13,16,19H2,1-4H3,(H,30,32,33). The van der Waals surface area contributed by atoms with E-state index >= 15 is 0 Å². The number of imidazole rings is 1. The summed E-state index contributed by atoms with van der Waals surface area (Å²) in [5.41, 5.74) is 3.94. The third-order valence-corrected chi connectivity index (χ3v) is 8.33. The summed E-state index contributed by atoms with van der Waals surface area (Å²) in [5, 5.41) is 7.80. The molecule has 11 heteroatoms. The number of aromatic nitrogens is 4.